The predicted molar refractivity (Wildman–Crippen MR) is 93.5 cm³/mol. The molecule has 0 aliphatic carbocycles. The molecular weight excluding hydrogens is 258 g/mol. The van der Waals surface area contributed by atoms with Crippen molar-refractivity contribution in [2.24, 2.45) is 5.92 Å². The minimum absolute atomic E-state index is 0.677. The highest BCUT2D eigenvalue weighted by molar-refractivity contribution is 5.35. The monoisotopic (exact) mass is 293 g/mol. The Kier molecular flexibility index (Phi) is 8.70. The molecule has 21 heavy (non-hydrogen) atoms. The van der Waals surface area contributed by atoms with Crippen molar-refractivity contribution >= 4 is 0 Å². The van der Waals surface area contributed by atoms with Crippen LogP contribution in [0, 0.1) is 5.92 Å². The number of piperazine rings is 1. The fourth-order valence-electron chi connectivity index (χ4n) is 3.33. The average Bonchev–Trinajstić information content (AvgIpc) is 2.50. The third kappa shape index (κ3) is 5.48. The number of hydrogen-bond donors (Lipinski definition) is 2. The Bertz CT molecular complexity index is 345. The molecule has 2 N–H and O–H groups in total. The van der Waals surface area contributed by atoms with Crippen molar-refractivity contribution in [3.63, 3.8) is 0 Å². The lowest BCUT2D eigenvalue weighted by Gasteiger charge is -2.34. The van der Waals surface area contributed by atoms with Crippen molar-refractivity contribution in [2.45, 2.75) is 47.0 Å². The van der Waals surface area contributed by atoms with Crippen LogP contribution in [0.1, 0.15) is 47.0 Å². The number of allylic oxidation sites excluding steroid dienone is 3. The van der Waals surface area contributed by atoms with Crippen molar-refractivity contribution in [3.8, 4) is 0 Å². The second-order valence-corrected chi connectivity index (χ2v) is 6.07. The Labute approximate surface area is 131 Å². The summed E-state index contributed by atoms with van der Waals surface area (Å²) >= 11 is 0. The van der Waals surface area contributed by atoms with Crippen LogP contribution in [0.15, 0.2) is 22.9 Å². The minimum Gasteiger partial charge on any atom is -0.369 e. The lowest BCUT2D eigenvalue weighted by atomic mass is 9.91. The van der Waals surface area contributed by atoms with Gasteiger partial charge in [0, 0.05) is 31.9 Å². The first kappa shape index (κ1) is 18.2. The fourth-order valence-corrected chi connectivity index (χ4v) is 3.33. The lowest BCUT2D eigenvalue weighted by molar-refractivity contribution is 0.299. The third-order valence-electron chi connectivity index (χ3n) is 4.43. The van der Waals surface area contributed by atoms with Crippen LogP contribution in [0.3, 0.4) is 0 Å². The maximum Gasteiger partial charge on any atom is 0.0355 e. The van der Waals surface area contributed by atoms with Gasteiger partial charge in [-0.25, -0.2) is 0 Å². The van der Waals surface area contributed by atoms with Crippen LogP contribution in [-0.2, 0) is 0 Å². The summed E-state index contributed by atoms with van der Waals surface area (Å²) in [4.78, 5) is 2.57. The lowest BCUT2D eigenvalue weighted by Crippen LogP contribution is -2.43. The molecule has 1 unspecified atom stereocenters. The Morgan fingerprint density at radius 2 is 1.86 bits per heavy atom. The van der Waals surface area contributed by atoms with E-state index in [1.54, 1.807) is 11.1 Å². The SMILES string of the molecule is C/C=C(\C(CC(C)CNC)=C(CC)CC)N1CCNCC1. The minimum atomic E-state index is 0.677. The molecule has 0 bridgehead atoms. The van der Waals surface area contributed by atoms with Gasteiger partial charge in [-0.2, -0.15) is 0 Å². The smallest absolute Gasteiger partial charge is 0.0355 e. The van der Waals surface area contributed by atoms with Gasteiger partial charge in [-0.05, 0) is 51.3 Å². The van der Waals surface area contributed by atoms with Crippen LogP contribution in [0.4, 0.5) is 0 Å². The molecule has 1 fully saturated rings. The van der Waals surface area contributed by atoms with Gasteiger partial charge >= 0.3 is 0 Å². The summed E-state index contributed by atoms with van der Waals surface area (Å²) in [5, 5.41) is 6.77. The zero-order valence-corrected chi connectivity index (χ0v) is 14.8. The van der Waals surface area contributed by atoms with Gasteiger partial charge in [0.15, 0.2) is 0 Å². The molecule has 0 radical (unpaired) electrons. The molecule has 1 saturated heterocycles. The quantitative estimate of drug-likeness (QED) is 0.673. The summed E-state index contributed by atoms with van der Waals surface area (Å²) < 4.78 is 0. The van der Waals surface area contributed by atoms with Gasteiger partial charge in [0.1, 0.15) is 0 Å². The van der Waals surface area contributed by atoms with Gasteiger partial charge in [0.05, 0.1) is 0 Å². The van der Waals surface area contributed by atoms with E-state index in [9.17, 15) is 0 Å². The van der Waals surface area contributed by atoms with Crippen LogP contribution < -0.4 is 10.6 Å². The number of nitrogens with zero attached hydrogens (tertiary/aromatic N) is 1. The van der Waals surface area contributed by atoms with E-state index >= 15 is 0 Å². The summed E-state index contributed by atoms with van der Waals surface area (Å²) in [6, 6.07) is 0. The van der Waals surface area contributed by atoms with Gasteiger partial charge in [-0.1, -0.05) is 32.4 Å². The summed E-state index contributed by atoms with van der Waals surface area (Å²) in [6.07, 6.45) is 5.85. The molecule has 0 spiro atoms. The molecule has 0 aromatic heterocycles. The number of nitrogens with one attached hydrogen (secondary N) is 2. The van der Waals surface area contributed by atoms with Gasteiger partial charge in [0.2, 0.25) is 0 Å². The molecule has 3 nitrogen and oxygen atoms in total. The second kappa shape index (κ2) is 10.0. The van der Waals surface area contributed by atoms with E-state index in [4.69, 9.17) is 0 Å². The van der Waals surface area contributed by atoms with E-state index in [1.165, 1.54) is 25.0 Å². The maximum atomic E-state index is 3.46. The molecule has 1 aliphatic rings. The number of rotatable bonds is 8. The van der Waals surface area contributed by atoms with Crippen molar-refractivity contribution in [2.75, 3.05) is 39.8 Å². The van der Waals surface area contributed by atoms with Crippen molar-refractivity contribution < 1.29 is 0 Å². The van der Waals surface area contributed by atoms with Crippen molar-refractivity contribution in [3.05, 3.63) is 22.9 Å². The van der Waals surface area contributed by atoms with E-state index in [2.05, 4.69) is 49.3 Å². The highest BCUT2D eigenvalue weighted by Gasteiger charge is 2.19. The fraction of sp³-hybridized carbons (Fsp3) is 0.778. The molecule has 0 aromatic carbocycles. The van der Waals surface area contributed by atoms with E-state index in [1.807, 2.05) is 7.05 Å². The van der Waals surface area contributed by atoms with E-state index in [0.717, 1.165) is 32.7 Å². The van der Waals surface area contributed by atoms with E-state index < -0.39 is 0 Å². The molecule has 1 aliphatic heterocycles. The summed E-state index contributed by atoms with van der Waals surface area (Å²) in [6.45, 7) is 14.7. The molecule has 122 valence electrons. The second-order valence-electron chi connectivity index (χ2n) is 6.07. The van der Waals surface area contributed by atoms with E-state index in [0.29, 0.717) is 5.92 Å². The molecule has 0 aromatic rings. The molecule has 0 saturated carbocycles. The zero-order chi connectivity index (χ0) is 15.7. The maximum absolute atomic E-state index is 3.46. The topological polar surface area (TPSA) is 27.3 Å². The molecule has 1 heterocycles. The number of hydrogen-bond acceptors (Lipinski definition) is 3. The standard InChI is InChI=1S/C18H35N3/c1-6-16(7-2)17(13-15(4)14-19-5)18(8-3)21-11-9-20-10-12-21/h8,15,19-20H,6-7,9-14H2,1-5H3/b18-8+. The summed E-state index contributed by atoms with van der Waals surface area (Å²) in [5.41, 5.74) is 4.72. The average molecular weight is 293 g/mol. The third-order valence-corrected chi connectivity index (χ3v) is 4.43. The highest BCUT2D eigenvalue weighted by Crippen LogP contribution is 2.29. The molecule has 1 rings (SSSR count). The first-order valence-electron chi connectivity index (χ1n) is 8.65. The highest BCUT2D eigenvalue weighted by atomic mass is 15.2. The van der Waals surface area contributed by atoms with Crippen LogP contribution in [0.5, 0.6) is 0 Å². The normalized spacial score (nSPS) is 17.8. The van der Waals surface area contributed by atoms with Gasteiger partial charge in [-0.15, -0.1) is 0 Å². The van der Waals surface area contributed by atoms with Gasteiger partial charge in [0.25, 0.3) is 0 Å². The van der Waals surface area contributed by atoms with E-state index in [-0.39, 0.29) is 0 Å². The molecule has 1 atom stereocenters. The first-order chi connectivity index (χ1) is 10.2. The van der Waals surface area contributed by atoms with Crippen LogP contribution in [0.25, 0.3) is 0 Å². The Balaban J connectivity index is 3.00. The van der Waals surface area contributed by atoms with Crippen molar-refractivity contribution in [1.29, 1.82) is 0 Å². The Hall–Kier alpha value is -0.800. The van der Waals surface area contributed by atoms with Gasteiger partial charge in [-0.3, -0.25) is 0 Å². The van der Waals surface area contributed by atoms with Crippen LogP contribution in [-0.4, -0.2) is 44.7 Å². The molecule has 3 heteroatoms. The Morgan fingerprint density at radius 3 is 2.33 bits per heavy atom. The molecule has 0 amide bonds. The van der Waals surface area contributed by atoms with Crippen LogP contribution >= 0.6 is 0 Å². The summed E-state index contributed by atoms with van der Waals surface area (Å²) in [5.74, 6) is 0.677. The van der Waals surface area contributed by atoms with Crippen molar-refractivity contribution in [1.82, 2.24) is 15.5 Å². The van der Waals surface area contributed by atoms with Gasteiger partial charge < -0.3 is 15.5 Å². The summed E-state index contributed by atoms with van der Waals surface area (Å²) in [7, 11) is 2.05. The zero-order valence-electron chi connectivity index (χ0n) is 14.8. The predicted octanol–water partition coefficient (Wildman–Crippen LogP) is 3.16. The molecular formula is C18H35N3. The first-order valence-corrected chi connectivity index (χ1v) is 8.65. The largest absolute Gasteiger partial charge is 0.369 e. The Morgan fingerprint density at radius 1 is 1.24 bits per heavy atom. The van der Waals surface area contributed by atoms with Crippen LogP contribution in [0.2, 0.25) is 0 Å².